The summed E-state index contributed by atoms with van der Waals surface area (Å²) in [7, 11) is 3.70. The highest BCUT2D eigenvalue weighted by atomic mass is 16.4. The van der Waals surface area contributed by atoms with Crippen LogP contribution in [-0.2, 0) is 6.42 Å². The van der Waals surface area contributed by atoms with E-state index in [0.29, 0.717) is 24.0 Å². The van der Waals surface area contributed by atoms with Gasteiger partial charge in [0.2, 0.25) is 0 Å². The number of aliphatic hydroxyl groups excluding tert-OH is 1. The normalized spacial score (nSPS) is 29.1. The monoisotopic (exact) mass is 448 g/mol. The molecule has 1 aromatic rings. The SMILES string of the molecule is C=C(N)C1=C(O)[C@@H](N(C)C)[C@@H]2C[C@@H]3Cc4c(C(=O)O)ccc(C)c4C(=C)C3=C(C)[C@]2(O)C1=C. The van der Waals surface area contributed by atoms with Gasteiger partial charge in [-0.2, -0.15) is 0 Å². The zero-order valence-electron chi connectivity index (χ0n) is 19.7. The Bertz CT molecular complexity index is 1200. The first-order valence-corrected chi connectivity index (χ1v) is 11.1. The molecule has 0 amide bonds. The van der Waals surface area contributed by atoms with Gasteiger partial charge in [-0.05, 0) is 91.8 Å². The molecule has 174 valence electrons. The van der Waals surface area contributed by atoms with Gasteiger partial charge in [0.15, 0.2) is 0 Å². The van der Waals surface area contributed by atoms with Crippen LogP contribution in [0.4, 0.5) is 0 Å². The molecule has 0 saturated carbocycles. The van der Waals surface area contributed by atoms with Gasteiger partial charge in [-0.1, -0.05) is 25.8 Å². The Kier molecular flexibility index (Phi) is 5.22. The van der Waals surface area contributed by atoms with Crippen molar-refractivity contribution in [3.05, 3.63) is 87.9 Å². The number of rotatable bonds is 3. The van der Waals surface area contributed by atoms with Crippen molar-refractivity contribution in [1.82, 2.24) is 4.90 Å². The minimum Gasteiger partial charge on any atom is -0.510 e. The quantitative estimate of drug-likeness (QED) is 0.561. The van der Waals surface area contributed by atoms with Gasteiger partial charge in [-0.3, -0.25) is 4.90 Å². The number of allylic oxidation sites excluding steroid dienone is 3. The molecule has 1 aromatic carbocycles. The summed E-state index contributed by atoms with van der Waals surface area (Å²) in [6, 6.07) is 2.96. The number of hydrogen-bond donors (Lipinski definition) is 4. The smallest absolute Gasteiger partial charge is 0.335 e. The van der Waals surface area contributed by atoms with Gasteiger partial charge in [0.25, 0.3) is 0 Å². The molecule has 0 fully saturated rings. The molecule has 6 nitrogen and oxygen atoms in total. The summed E-state index contributed by atoms with van der Waals surface area (Å²) in [5.74, 6) is -1.34. The molecule has 4 atom stereocenters. The lowest BCUT2D eigenvalue weighted by Gasteiger charge is -2.54. The predicted molar refractivity (Wildman–Crippen MR) is 130 cm³/mol. The molecule has 0 aromatic heterocycles. The minimum absolute atomic E-state index is 0.0409. The predicted octanol–water partition coefficient (Wildman–Crippen LogP) is 3.73. The summed E-state index contributed by atoms with van der Waals surface area (Å²) in [6.45, 7) is 16.2. The van der Waals surface area contributed by atoms with E-state index in [1.807, 2.05) is 38.9 Å². The van der Waals surface area contributed by atoms with E-state index in [1.54, 1.807) is 6.07 Å². The fraction of sp³-hybridized carbons (Fsp3) is 0.370. The Morgan fingerprint density at radius 2 is 1.88 bits per heavy atom. The van der Waals surface area contributed by atoms with Crippen molar-refractivity contribution in [2.24, 2.45) is 17.6 Å². The van der Waals surface area contributed by atoms with Crippen LogP contribution in [0.2, 0.25) is 0 Å². The van der Waals surface area contributed by atoms with Crippen molar-refractivity contribution in [2.45, 2.75) is 38.3 Å². The number of aromatic carboxylic acids is 1. The van der Waals surface area contributed by atoms with Gasteiger partial charge in [0.1, 0.15) is 11.4 Å². The Morgan fingerprint density at radius 3 is 2.42 bits per heavy atom. The summed E-state index contributed by atoms with van der Waals surface area (Å²) in [6.07, 6.45) is 1.06. The third-order valence-electron chi connectivity index (χ3n) is 7.84. The van der Waals surface area contributed by atoms with Crippen LogP contribution in [0, 0.1) is 18.8 Å². The number of aliphatic hydroxyl groups is 2. The van der Waals surface area contributed by atoms with Crippen molar-refractivity contribution < 1.29 is 20.1 Å². The third-order valence-corrected chi connectivity index (χ3v) is 7.84. The van der Waals surface area contributed by atoms with E-state index in [4.69, 9.17) is 5.73 Å². The summed E-state index contributed by atoms with van der Waals surface area (Å²) in [5.41, 5.74) is 10.7. The molecule has 0 radical (unpaired) electrons. The van der Waals surface area contributed by atoms with Crippen LogP contribution in [0.25, 0.3) is 5.57 Å². The molecule has 0 bridgehead atoms. The number of aryl methyl sites for hydroxylation is 1. The van der Waals surface area contributed by atoms with Gasteiger partial charge < -0.3 is 21.1 Å². The van der Waals surface area contributed by atoms with Crippen LogP contribution >= 0.6 is 0 Å². The molecule has 6 heteroatoms. The fourth-order valence-electron chi connectivity index (χ4n) is 6.48. The molecule has 3 aliphatic rings. The first-order chi connectivity index (χ1) is 15.3. The second kappa shape index (κ2) is 7.47. The van der Waals surface area contributed by atoms with E-state index in [1.165, 1.54) is 0 Å². The van der Waals surface area contributed by atoms with Crippen LogP contribution < -0.4 is 5.73 Å². The van der Waals surface area contributed by atoms with Crippen molar-refractivity contribution in [1.29, 1.82) is 0 Å². The van der Waals surface area contributed by atoms with Crippen molar-refractivity contribution in [3.63, 3.8) is 0 Å². The fourth-order valence-corrected chi connectivity index (χ4v) is 6.48. The van der Waals surface area contributed by atoms with E-state index in [0.717, 1.165) is 33.4 Å². The maximum absolute atomic E-state index is 12.2. The van der Waals surface area contributed by atoms with E-state index < -0.39 is 23.5 Å². The van der Waals surface area contributed by atoms with Crippen LogP contribution in [0.3, 0.4) is 0 Å². The third kappa shape index (κ3) is 2.97. The molecule has 0 heterocycles. The number of carbonyl (C=O) groups is 1. The molecule has 4 rings (SSSR count). The minimum atomic E-state index is -1.44. The van der Waals surface area contributed by atoms with Crippen molar-refractivity contribution in [3.8, 4) is 0 Å². The van der Waals surface area contributed by atoms with Crippen LogP contribution in [0.1, 0.15) is 40.4 Å². The van der Waals surface area contributed by atoms with Crippen molar-refractivity contribution >= 4 is 11.5 Å². The molecule has 0 aliphatic heterocycles. The second-order valence-electron chi connectivity index (χ2n) is 9.79. The second-order valence-corrected chi connectivity index (χ2v) is 9.79. The molecule has 0 spiro atoms. The number of carboxylic acids is 1. The van der Waals surface area contributed by atoms with Gasteiger partial charge in [0.05, 0.1) is 11.6 Å². The van der Waals surface area contributed by atoms with E-state index in [9.17, 15) is 20.1 Å². The number of benzene rings is 1. The lowest BCUT2D eigenvalue weighted by atomic mass is 9.55. The molecule has 5 N–H and O–H groups in total. The topological polar surface area (TPSA) is 107 Å². The molecule has 0 saturated heterocycles. The highest BCUT2D eigenvalue weighted by Gasteiger charge is 2.57. The largest absolute Gasteiger partial charge is 0.510 e. The molecular weight excluding hydrogens is 416 g/mol. The Hall–Kier alpha value is -3.09. The van der Waals surface area contributed by atoms with E-state index in [-0.39, 0.29) is 22.9 Å². The Labute approximate surface area is 194 Å². The van der Waals surface area contributed by atoms with E-state index in [2.05, 4.69) is 19.7 Å². The van der Waals surface area contributed by atoms with Crippen LogP contribution in [0.5, 0.6) is 0 Å². The molecule has 33 heavy (non-hydrogen) atoms. The molecular formula is C27H32N2O4. The first kappa shape index (κ1) is 23.1. The molecule has 3 aliphatic carbocycles. The zero-order valence-corrected chi connectivity index (χ0v) is 19.7. The highest BCUT2D eigenvalue weighted by molar-refractivity contribution is 5.95. The number of nitrogens with two attached hydrogens (primary N) is 1. The summed E-state index contributed by atoms with van der Waals surface area (Å²) in [5, 5.41) is 33.2. The number of nitrogens with zero attached hydrogens (tertiary/aromatic N) is 1. The number of fused-ring (bicyclic) bond motifs is 3. The maximum atomic E-state index is 12.2. The van der Waals surface area contributed by atoms with Gasteiger partial charge in [-0.25, -0.2) is 4.79 Å². The summed E-state index contributed by atoms with van der Waals surface area (Å²) < 4.78 is 0. The lowest BCUT2D eigenvalue weighted by molar-refractivity contribution is -0.0178. The van der Waals surface area contributed by atoms with E-state index >= 15 is 0 Å². The van der Waals surface area contributed by atoms with Crippen LogP contribution in [0.15, 0.2) is 65.6 Å². The van der Waals surface area contributed by atoms with Gasteiger partial charge >= 0.3 is 5.97 Å². The Balaban J connectivity index is 1.99. The Morgan fingerprint density at radius 1 is 1.24 bits per heavy atom. The van der Waals surface area contributed by atoms with Gasteiger partial charge in [-0.15, -0.1) is 0 Å². The standard InChI is InChI=1S/C27H32N2O4/c1-12-8-9-18(26(31)32)19-10-17-11-20-24(29(6)7)25(30)23(16(5)28)15(4)27(20,33)14(3)22(17)13(2)21(12)19/h8-9,17,20,24,30,33H,2,4-5,10-11,28H2,1,3,6-7H3,(H,31,32)/t17-,20-,24-,27-/m0/s1. The average molecular weight is 449 g/mol. The number of likely N-dealkylation sites (N-methyl/N-ethyl adjacent to an activating group) is 1. The zero-order chi connectivity index (χ0) is 24.6. The lowest BCUT2D eigenvalue weighted by Crippen LogP contribution is -2.58. The van der Waals surface area contributed by atoms with Crippen LogP contribution in [-0.4, -0.2) is 51.9 Å². The first-order valence-electron chi connectivity index (χ1n) is 11.1. The average Bonchev–Trinajstić information content (AvgIpc) is 2.70. The number of hydrogen-bond acceptors (Lipinski definition) is 5. The van der Waals surface area contributed by atoms with Gasteiger partial charge in [0, 0.05) is 17.2 Å². The highest BCUT2D eigenvalue weighted by Crippen LogP contribution is 2.57. The molecule has 0 unspecified atom stereocenters. The van der Waals surface area contributed by atoms with Crippen molar-refractivity contribution in [2.75, 3.05) is 14.1 Å². The number of carboxylic acid groups (broad SMARTS) is 1. The summed E-state index contributed by atoms with van der Waals surface area (Å²) >= 11 is 0. The maximum Gasteiger partial charge on any atom is 0.335 e. The summed E-state index contributed by atoms with van der Waals surface area (Å²) in [4.78, 5) is 13.8.